The van der Waals surface area contributed by atoms with Crippen molar-refractivity contribution in [3.05, 3.63) is 134 Å². The number of nitro groups is 1. The summed E-state index contributed by atoms with van der Waals surface area (Å²) in [5.41, 5.74) is 1.21. The first-order valence-corrected chi connectivity index (χ1v) is 15.2. The van der Waals surface area contributed by atoms with Gasteiger partial charge >= 0.3 is 0 Å². The fourth-order valence-corrected chi connectivity index (χ4v) is 5.33. The van der Waals surface area contributed by atoms with Crippen molar-refractivity contribution in [2.75, 3.05) is 10.6 Å². The van der Waals surface area contributed by atoms with Crippen LogP contribution in [0.5, 0.6) is 0 Å². The van der Waals surface area contributed by atoms with Gasteiger partial charge in [-0.1, -0.05) is 43.3 Å². The number of hydrogen-bond donors (Lipinski definition) is 3. The molecule has 3 amide bonds. The summed E-state index contributed by atoms with van der Waals surface area (Å²) in [6.45, 7) is 1.92. The number of carbonyl (C=O) groups is 3. The van der Waals surface area contributed by atoms with Crippen LogP contribution in [0.2, 0.25) is 0 Å². The van der Waals surface area contributed by atoms with Crippen molar-refractivity contribution in [2.45, 2.75) is 23.5 Å². The first-order chi connectivity index (χ1) is 20.7. The van der Waals surface area contributed by atoms with Gasteiger partial charge in [-0.25, -0.2) is 0 Å². The Morgan fingerprint density at radius 2 is 1.58 bits per heavy atom. The van der Waals surface area contributed by atoms with E-state index in [-0.39, 0.29) is 28.1 Å². The molecule has 0 bridgehead atoms. The molecular weight excluding hydrogens is 679 g/mol. The van der Waals surface area contributed by atoms with E-state index >= 15 is 0 Å². The second kappa shape index (κ2) is 15.1. The Morgan fingerprint density at radius 3 is 2.28 bits per heavy atom. The first-order valence-electron chi connectivity index (χ1n) is 13.2. The van der Waals surface area contributed by atoms with Gasteiger partial charge in [0.05, 0.1) is 15.7 Å². The molecule has 43 heavy (non-hydrogen) atoms. The number of para-hydroxylation sites is 1. The average molecular weight is 707 g/mol. The van der Waals surface area contributed by atoms with E-state index in [0.717, 1.165) is 8.47 Å². The van der Waals surface area contributed by atoms with E-state index < -0.39 is 16.7 Å². The monoisotopic (exact) mass is 706 g/mol. The lowest BCUT2D eigenvalue weighted by atomic mass is 10.1. The maximum Gasteiger partial charge on any atom is 0.276 e. The molecule has 11 heteroatoms. The minimum Gasteiger partial charge on any atom is -0.325 e. The van der Waals surface area contributed by atoms with Gasteiger partial charge in [-0.3, -0.25) is 24.5 Å². The van der Waals surface area contributed by atoms with Crippen LogP contribution in [0.1, 0.15) is 29.3 Å². The lowest BCUT2D eigenvalue weighted by Crippen LogP contribution is -2.30. The van der Waals surface area contributed by atoms with Gasteiger partial charge < -0.3 is 16.0 Å². The van der Waals surface area contributed by atoms with E-state index in [9.17, 15) is 24.5 Å². The van der Waals surface area contributed by atoms with Crippen LogP contribution in [0, 0.1) is 13.7 Å². The zero-order valence-electron chi connectivity index (χ0n) is 23.0. The highest BCUT2D eigenvalue weighted by Crippen LogP contribution is 2.29. The van der Waals surface area contributed by atoms with E-state index in [1.807, 2.05) is 37.3 Å². The molecule has 3 N–H and O–H groups in total. The van der Waals surface area contributed by atoms with Crippen LogP contribution in [0.15, 0.2) is 114 Å². The summed E-state index contributed by atoms with van der Waals surface area (Å²) in [6.07, 6.45) is 1.85. The number of rotatable bonds is 11. The Labute approximate surface area is 266 Å². The Morgan fingerprint density at radius 1 is 0.884 bits per heavy atom. The Balaban J connectivity index is 1.54. The van der Waals surface area contributed by atoms with Crippen LogP contribution in [-0.4, -0.2) is 27.9 Å². The number of halogens is 1. The van der Waals surface area contributed by atoms with Gasteiger partial charge in [0, 0.05) is 31.5 Å². The fraction of sp³-hybridized carbons (Fsp3) is 0.0938. The van der Waals surface area contributed by atoms with Crippen LogP contribution in [0.25, 0.3) is 6.08 Å². The number of anilines is 2. The Kier molecular flexibility index (Phi) is 11.1. The summed E-state index contributed by atoms with van der Waals surface area (Å²) in [6, 6.07) is 28.8. The van der Waals surface area contributed by atoms with E-state index in [1.54, 1.807) is 54.6 Å². The zero-order chi connectivity index (χ0) is 30.8. The second-order valence-electron chi connectivity index (χ2n) is 9.19. The Hall–Kier alpha value is -4.49. The standard InChI is InChI=1S/C32H27IN4O5S/c1-2-29(32(40)34-24-17-15-23(33)16-18-24)43-26-13-8-12-25(20-26)35-31(39)27(36-30(38)21-9-4-3-5-10-21)19-22-11-6-7-14-28(22)37(41)42/h3-20,29H,2H2,1H3,(H,34,40)(H,35,39)(H,36,38)/b27-19+. The summed E-state index contributed by atoms with van der Waals surface area (Å²) in [7, 11) is 0. The lowest BCUT2D eigenvalue weighted by Gasteiger charge is -2.16. The predicted octanol–water partition coefficient (Wildman–Crippen LogP) is 7.12. The van der Waals surface area contributed by atoms with Crippen LogP contribution in [-0.2, 0) is 9.59 Å². The van der Waals surface area contributed by atoms with Crippen LogP contribution in [0.4, 0.5) is 17.1 Å². The van der Waals surface area contributed by atoms with Gasteiger partial charge in [0.15, 0.2) is 0 Å². The number of amides is 3. The molecule has 4 aromatic rings. The van der Waals surface area contributed by atoms with E-state index in [1.165, 1.54) is 36.0 Å². The van der Waals surface area contributed by atoms with Crippen LogP contribution in [0.3, 0.4) is 0 Å². The van der Waals surface area contributed by atoms with Crippen molar-refractivity contribution >= 4 is 75.2 Å². The minimum absolute atomic E-state index is 0.138. The molecule has 1 unspecified atom stereocenters. The number of nitrogens with one attached hydrogen (secondary N) is 3. The van der Waals surface area contributed by atoms with Gasteiger partial charge in [0.1, 0.15) is 5.70 Å². The molecule has 0 aliphatic carbocycles. The predicted molar refractivity (Wildman–Crippen MR) is 178 cm³/mol. The van der Waals surface area contributed by atoms with E-state index in [4.69, 9.17) is 0 Å². The Bertz CT molecular complexity index is 1660. The second-order valence-corrected chi connectivity index (χ2v) is 11.7. The van der Waals surface area contributed by atoms with Gasteiger partial charge in [-0.15, -0.1) is 11.8 Å². The third-order valence-corrected chi connectivity index (χ3v) is 8.18. The summed E-state index contributed by atoms with van der Waals surface area (Å²) < 4.78 is 1.07. The molecule has 0 radical (unpaired) electrons. The van der Waals surface area contributed by atoms with Crippen molar-refractivity contribution in [1.82, 2.24) is 5.32 Å². The van der Waals surface area contributed by atoms with Gasteiger partial charge in [0.2, 0.25) is 5.91 Å². The van der Waals surface area contributed by atoms with Gasteiger partial charge in [0.25, 0.3) is 17.5 Å². The van der Waals surface area contributed by atoms with Gasteiger partial charge in [-0.05, 0) is 95.8 Å². The van der Waals surface area contributed by atoms with Crippen molar-refractivity contribution in [3.63, 3.8) is 0 Å². The van der Waals surface area contributed by atoms with Crippen LogP contribution >= 0.6 is 34.4 Å². The highest BCUT2D eigenvalue weighted by atomic mass is 127. The molecule has 218 valence electrons. The normalized spacial score (nSPS) is 11.7. The summed E-state index contributed by atoms with van der Waals surface area (Å²) >= 11 is 3.56. The van der Waals surface area contributed by atoms with Gasteiger partial charge in [-0.2, -0.15) is 0 Å². The number of nitro benzene ring substituents is 1. The number of carbonyl (C=O) groups excluding carboxylic acids is 3. The molecule has 0 aromatic heterocycles. The molecule has 0 saturated carbocycles. The molecule has 9 nitrogen and oxygen atoms in total. The molecule has 0 aliphatic rings. The molecule has 4 rings (SSSR count). The first kappa shape index (κ1) is 31.4. The quantitative estimate of drug-likeness (QED) is 0.0501. The molecule has 0 heterocycles. The van der Waals surface area contributed by atoms with E-state index in [0.29, 0.717) is 23.4 Å². The number of benzene rings is 4. The molecule has 0 saturated heterocycles. The third kappa shape index (κ3) is 9.00. The number of nitrogens with zero attached hydrogens (tertiary/aromatic N) is 1. The van der Waals surface area contributed by atoms with Crippen molar-refractivity contribution in [3.8, 4) is 0 Å². The van der Waals surface area contributed by atoms with Crippen LogP contribution < -0.4 is 16.0 Å². The number of thioether (sulfide) groups is 1. The molecule has 0 aliphatic heterocycles. The molecule has 4 aromatic carbocycles. The molecular formula is C32H27IN4O5S. The maximum absolute atomic E-state index is 13.5. The van der Waals surface area contributed by atoms with Crippen molar-refractivity contribution in [2.24, 2.45) is 0 Å². The summed E-state index contributed by atoms with van der Waals surface area (Å²) in [4.78, 5) is 51.1. The third-order valence-electron chi connectivity index (χ3n) is 6.11. The van der Waals surface area contributed by atoms with Crippen molar-refractivity contribution in [1.29, 1.82) is 0 Å². The molecule has 1 atom stereocenters. The lowest BCUT2D eigenvalue weighted by molar-refractivity contribution is -0.385. The topological polar surface area (TPSA) is 130 Å². The zero-order valence-corrected chi connectivity index (χ0v) is 25.9. The minimum atomic E-state index is -0.673. The average Bonchev–Trinajstić information content (AvgIpc) is 3.01. The SMILES string of the molecule is CCC(Sc1cccc(NC(=O)/C(=C\c2ccccc2[N+](=O)[O-])NC(=O)c2ccccc2)c1)C(=O)Nc1ccc(I)cc1. The fourth-order valence-electron chi connectivity index (χ4n) is 3.96. The molecule has 0 spiro atoms. The molecule has 0 fully saturated rings. The number of hydrogen-bond acceptors (Lipinski definition) is 6. The summed E-state index contributed by atoms with van der Waals surface area (Å²) in [5.74, 6) is -1.36. The summed E-state index contributed by atoms with van der Waals surface area (Å²) in [5, 5.41) is 19.5. The smallest absolute Gasteiger partial charge is 0.276 e. The maximum atomic E-state index is 13.5. The largest absolute Gasteiger partial charge is 0.325 e. The van der Waals surface area contributed by atoms with E-state index in [2.05, 4.69) is 38.5 Å². The highest BCUT2D eigenvalue weighted by molar-refractivity contribution is 14.1. The van der Waals surface area contributed by atoms with Crippen molar-refractivity contribution < 1.29 is 19.3 Å². The highest BCUT2D eigenvalue weighted by Gasteiger charge is 2.20.